The first-order chi connectivity index (χ1) is 15.0. The summed E-state index contributed by atoms with van der Waals surface area (Å²) in [6.07, 6.45) is 0.986. The van der Waals surface area contributed by atoms with Gasteiger partial charge in [0.05, 0.1) is 21.6 Å². The molecule has 1 aromatic heterocycles. The molecule has 2 heterocycles. The van der Waals surface area contributed by atoms with E-state index >= 15 is 0 Å². The fourth-order valence-corrected chi connectivity index (χ4v) is 4.98. The first-order valence-electron chi connectivity index (χ1n) is 9.57. The zero-order chi connectivity index (χ0) is 23.5. The van der Waals surface area contributed by atoms with Crippen LogP contribution in [0.25, 0.3) is 0 Å². The van der Waals surface area contributed by atoms with Crippen molar-refractivity contribution in [2.45, 2.75) is 13.0 Å². The van der Waals surface area contributed by atoms with Crippen molar-refractivity contribution in [3.05, 3.63) is 45.1 Å². The number of benzene rings is 1. The molecule has 12 heteroatoms. The second kappa shape index (κ2) is 9.99. The summed E-state index contributed by atoms with van der Waals surface area (Å²) in [5, 5.41) is 5.10. The first-order valence-corrected chi connectivity index (χ1v) is 12.8. The second-order valence-electron chi connectivity index (χ2n) is 7.31. The third-order valence-electron chi connectivity index (χ3n) is 4.63. The Kier molecular flexibility index (Phi) is 7.55. The molecule has 1 aliphatic rings. The van der Waals surface area contributed by atoms with Crippen molar-refractivity contribution in [3.8, 4) is 0 Å². The number of hydrogen-bond donors (Lipinski definition) is 2. The summed E-state index contributed by atoms with van der Waals surface area (Å²) in [5.41, 5.74) is 1.85. The molecular weight excluding hydrogens is 478 g/mol. The monoisotopic (exact) mass is 499 g/mol. The van der Waals surface area contributed by atoms with E-state index in [1.807, 2.05) is 0 Å². The van der Waals surface area contributed by atoms with Gasteiger partial charge >= 0.3 is 0 Å². The molecule has 1 aromatic carbocycles. The Morgan fingerprint density at radius 2 is 2.03 bits per heavy atom. The van der Waals surface area contributed by atoms with Gasteiger partial charge in [0.15, 0.2) is 0 Å². The fraction of sp³-hybridized carbons (Fsp3) is 0.350. The molecule has 9 nitrogen and oxygen atoms in total. The van der Waals surface area contributed by atoms with Crippen LogP contribution in [-0.4, -0.2) is 63.9 Å². The van der Waals surface area contributed by atoms with E-state index in [1.165, 1.54) is 12.1 Å². The Bertz CT molecular complexity index is 1150. The Morgan fingerprint density at radius 1 is 1.28 bits per heavy atom. The van der Waals surface area contributed by atoms with Gasteiger partial charge < -0.3 is 20.3 Å². The van der Waals surface area contributed by atoms with Gasteiger partial charge in [0.25, 0.3) is 11.8 Å². The zero-order valence-electron chi connectivity index (χ0n) is 17.4. The molecule has 32 heavy (non-hydrogen) atoms. The van der Waals surface area contributed by atoms with E-state index in [9.17, 15) is 22.8 Å². The van der Waals surface area contributed by atoms with Crippen molar-refractivity contribution in [1.82, 2.24) is 5.32 Å². The standard InChI is InChI=1S/C20H22ClN3O6S2/c1-12-9-13(3-4-15(12)24-7-8-30-10-18(24)25)22-19(26)14(11-32(2,28)29)23-20(27)16-5-6-17(21)31-16/h3-6,9,14H,7-8,10-11H2,1-2H3,(H,22,26)(H,23,27). The molecule has 0 bridgehead atoms. The molecule has 1 atom stereocenters. The lowest BCUT2D eigenvalue weighted by atomic mass is 10.1. The van der Waals surface area contributed by atoms with Gasteiger partial charge in [-0.25, -0.2) is 8.42 Å². The van der Waals surface area contributed by atoms with Gasteiger partial charge in [0.1, 0.15) is 22.5 Å². The topological polar surface area (TPSA) is 122 Å². The Labute approximate surface area is 194 Å². The molecule has 2 N–H and O–H groups in total. The van der Waals surface area contributed by atoms with E-state index in [0.29, 0.717) is 28.9 Å². The van der Waals surface area contributed by atoms with Crippen LogP contribution < -0.4 is 15.5 Å². The van der Waals surface area contributed by atoms with Crippen LogP contribution in [0.3, 0.4) is 0 Å². The van der Waals surface area contributed by atoms with E-state index in [4.69, 9.17) is 16.3 Å². The van der Waals surface area contributed by atoms with Crippen molar-refractivity contribution in [2.75, 3.05) is 42.0 Å². The zero-order valence-corrected chi connectivity index (χ0v) is 19.8. The lowest BCUT2D eigenvalue weighted by molar-refractivity contribution is -0.125. The third kappa shape index (κ3) is 6.28. The lowest BCUT2D eigenvalue weighted by Crippen LogP contribution is -2.47. The lowest BCUT2D eigenvalue weighted by Gasteiger charge is -2.28. The molecule has 1 saturated heterocycles. The highest BCUT2D eigenvalue weighted by atomic mass is 35.5. The average molecular weight is 500 g/mol. The largest absolute Gasteiger partial charge is 0.370 e. The van der Waals surface area contributed by atoms with E-state index in [-0.39, 0.29) is 17.4 Å². The van der Waals surface area contributed by atoms with Gasteiger partial charge in [-0.05, 0) is 42.8 Å². The summed E-state index contributed by atoms with van der Waals surface area (Å²) >= 11 is 6.86. The van der Waals surface area contributed by atoms with Crippen molar-refractivity contribution in [2.24, 2.45) is 0 Å². The van der Waals surface area contributed by atoms with Crippen molar-refractivity contribution >= 4 is 61.9 Å². The van der Waals surface area contributed by atoms with Gasteiger partial charge in [0.2, 0.25) is 5.91 Å². The Morgan fingerprint density at radius 3 is 2.62 bits per heavy atom. The number of amides is 3. The highest BCUT2D eigenvalue weighted by molar-refractivity contribution is 7.90. The molecule has 1 fully saturated rings. The first kappa shape index (κ1) is 24.2. The maximum absolute atomic E-state index is 12.8. The molecule has 0 saturated carbocycles. The number of halogens is 1. The molecule has 0 spiro atoms. The molecule has 2 aromatic rings. The summed E-state index contributed by atoms with van der Waals surface area (Å²) in [5.74, 6) is -1.99. The number of hydrogen-bond acceptors (Lipinski definition) is 7. The summed E-state index contributed by atoms with van der Waals surface area (Å²) in [4.78, 5) is 39.2. The maximum atomic E-state index is 12.8. The molecule has 0 aliphatic carbocycles. The molecule has 0 radical (unpaired) electrons. The number of carbonyl (C=O) groups is 3. The minimum atomic E-state index is -3.57. The minimum absolute atomic E-state index is 0.0141. The number of nitrogens with one attached hydrogen (secondary N) is 2. The van der Waals surface area contributed by atoms with Crippen LogP contribution in [-0.2, 0) is 24.2 Å². The van der Waals surface area contributed by atoms with Crippen molar-refractivity contribution < 1.29 is 27.5 Å². The SMILES string of the molecule is Cc1cc(NC(=O)C(CS(C)(=O)=O)NC(=O)c2ccc(Cl)s2)ccc1N1CCOCC1=O. The number of morpholine rings is 1. The number of nitrogens with zero attached hydrogens (tertiary/aromatic N) is 1. The van der Waals surface area contributed by atoms with Crippen molar-refractivity contribution in [3.63, 3.8) is 0 Å². The maximum Gasteiger partial charge on any atom is 0.262 e. The van der Waals surface area contributed by atoms with Gasteiger partial charge in [-0.3, -0.25) is 14.4 Å². The highest BCUT2D eigenvalue weighted by Crippen LogP contribution is 2.25. The van der Waals surface area contributed by atoms with Crippen LogP contribution >= 0.6 is 22.9 Å². The minimum Gasteiger partial charge on any atom is -0.370 e. The predicted molar refractivity (Wildman–Crippen MR) is 123 cm³/mol. The van der Waals surface area contributed by atoms with Crippen LogP contribution in [0, 0.1) is 6.92 Å². The highest BCUT2D eigenvalue weighted by Gasteiger charge is 2.27. The van der Waals surface area contributed by atoms with Gasteiger partial charge in [0, 0.05) is 24.2 Å². The second-order valence-corrected chi connectivity index (χ2v) is 11.2. The van der Waals surface area contributed by atoms with Gasteiger partial charge in [-0.15, -0.1) is 11.3 Å². The Balaban J connectivity index is 1.75. The summed E-state index contributed by atoms with van der Waals surface area (Å²) < 4.78 is 29.2. The number of anilines is 2. The molecule has 1 aliphatic heterocycles. The van der Waals surface area contributed by atoms with Crippen LogP contribution in [0.4, 0.5) is 11.4 Å². The number of rotatable bonds is 7. The predicted octanol–water partition coefficient (Wildman–Crippen LogP) is 1.85. The van der Waals surface area contributed by atoms with Gasteiger partial charge in [-0.2, -0.15) is 0 Å². The number of aryl methyl sites for hydroxylation is 1. The van der Waals surface area contributed by atoms with E-state index < -0.39 is 33.4 Å². The molecular formula is C20H22ClN3O6S2. The number of carbonyl (C=O) groups excluding carboxylic acids is 3. The van der Waals surface area contributed by atoms with Crippen LogP contribution in [0.5, 0.6) is 0 Å². The number of sulfone groups is 1. The molecule has 3 rings (SSSR count). The smallest absolute Gasteiger partial charge is 0.262 e. The number of ether oxygens (including phenoxy) is 1. The quantitative estimate of drug-likeness (QED) is 0.599. The molecule has 1 unspecified atom stereocenters. The summed E-state index contributed by atoms with van der Waals surface area (Å²) in [6, 6.07) is 6.71. The van der Waals surface area contributed by atoms with E-state index in [0.717, 1.165) is 23.2 Å². The summed E-state index contributed by atoms with van der Waals surface area (Å²) in [6.45, 7) is 2.68. The fourth-order valence-electron chi connectivity index (χ4n) is 3.19. The van der Waals surface area contributed by atoms with Crippen LogP contribution in [0.2, 0.25) is 4.34 Å². The van der Waals surface area contributed by atoms with E-state index in [1.54, 1.807) is 30.0 Å². The molecule has 3 amide bonds. The average Bonchev–Trinajstić information content (AvgIpc) is 3.14. The summed E-state index contributed by atoms with van der Waals surface area (Å²) in [7, 11) is -3.57. The number of thiophene rings is 1. The van der Waals surface area contributed by atoms with Crippen LogP contribution in [0.1, 0.15) is 15.2 Å². The normalized spacial score (nSPS) is 15.3. The van der Waals surface area contributed by atoms with Crippen LogP contribution in [0.15, 0.2) is 30.3 Å². The third-order valence-corrected chi connectivity index (χ3v) is 6.80. The van der Waals surface area contributed by atoms with E-state index in [2.05, 4.69) is 10.6 Å². The van der Waals surface area contributed by atoms with Crippen molar-refractivity contribution in [1.29, 1.82) is 0 Å². The van der Waals surface area contributed by atoms with Gasteiger partial charge in [-0.1, -0.05) is 11.6 Å². The Hall–Kier alpha value is -2.47. The molecule has 172 valence electrons.